The number of amides is 1. The Morgan fingerprint density at radius 2 is 1.76 bits per heavy atom. The van der Waals surface area contributed by atoms with Crippen LogP contribution in [-0.2, 0) is 27.4 Å². The van der Waals surface area contributed by atoms with Gasteiger partial charge in [0.2, 0.25) is 5.91 Å². The lowest BCUT2D eigenvalue weighted by atomic mass is 10.1. The lowest BCUT2D eigenvalue weighted by molar-refractivity contribution is -0.137. The number of hydrogen-bond donors (Lipinski definition) is 1. The second-order valence-corrected chi connectivity index (χ2v) is 10.6. The zero-order valence-electron chi connectivity index (χ0n) is 20.2. The lowest BCUT2D eigenvalue weighted by Crippen LogP contribution is -2.41. The van der Waals surface area contributed by atoms with Gasteiger partial charge in [-0.1, -0.05) is 41.4 Å². The number of hydrogen-bond acceptors (Lipinski definition) is 4. The molecule has 198 valence electrons. The van der Waals surface area contributed by atoms with E-state index in [0.717, 1.165) is 23.3 Å². The van der Waals surface area contributed by atoms with Crippen LogP contribution in [-0.4, -0.2) is 34.5 Å². The number of ether oxygens (including phenoxy) is 1. The molecule has 11 heteroatoms. The van der Waals surface area contributed by atoms with Gasteiger partial charge < -0.3 is 10.1 Å². The van der Waals surface area contributed by atoms with Gasteiger partial charge in [0.15, 0.2) is 0 Å². The van der Waals surface area contributed by atoms with Crippen molar-refractivity contribution < 1.29 is 31.1 Å². The number of carbonyl (C=O) groups excluding carboxylic acids is 1. The molecule has 37 heavy (non-hydrogen) atoms. The molecule has 6 nitrogen and oxygen atoms in total. The van der Waals surface area contributed by atoms with E-state index in [1.54, 1.807) is 26.2 Å². The van der Waals surface area contributed by atoms with E-state index in [1.807, 2.05) is 24.3 Å². The quantitative estimate of drug-likeness (QED) is 0.330. The summed E-state index contributed by atoms with van der Waals surface area (Å²) >= 11 is 5.72. The van der Waals surface area contributed by atoms with Crippen LogP contribution in [0.1, 0.15) is 23.1 Å². The van der Waals surface area contributed by atoms with Crippen LogP contribution in [0, 0.1) is 6.92 Å². The summed E-state index contributed by atoms with van der Waals surface area (Å²) in [7, 11) is -2.81. The second-order valence-electron chi connectivity index (χ2n) is 8.29. The molecular formula is C26H26ClF3N2O4S. The summed E-state index contributed by atoms with van der Waals surface area (Å²) in [6.07, 6.45) is -3.62. The minimum absolute atomic E-state index is 0.160. The molecule has 0 saturated carbocycles. The number of alkyl halides is 3. The van der Waals surface area contributed by atoms with E-state index in [2.05, 4.69) is 5.32 Å². The van der Waals surface area contributed by atoms with Gasteiger partial charge >= 0.3 is 6.18 Å². The van der Waals surface area contributed by atoms with Gasteiger partial charge in [0.05, 0.1) is 28.3 Å². The van der Waals surface area contributed by atoms with Crippen molar-refractivity contribution >= 4 is 33.2 Å². The molecule has 1 N–H and O–H groups in total. The largest absolute Gasteiger partial charge is 0.497 e. The minimum Gasteiger partial charge on any atom is -0.497 e. The van der Waals surface area contributed by atoms with Crippen LogP contribution in [0.5, 0.6) is 5.75 Å². The topological polar surface area (TPSA) is 75.7 Å². The first-order chi connectivity index (χ1) is 17.4. The number of nitrogens with one attached hydrogen (secondary N) is 1. The molecule has 0 radical (unpaired) electrons. The van der Waals surface area contributed by atoms with Gasteiger partial charge in [0.1, 0.15) is 12.3 Å². The number of halogens is 4. The fourth-order valence-corrected chi connectivity index (χ4v) is 5.21. The van der Waals surface area contributed by atoms with Gasteiger partial charge in [-0.3, -0.25) is 9.10 Å². The Morgan fingerprint density at radius 1 is 1.05 bits per heavy atom. The predicted molar refractivity (Wildman–Crippen MR) is 136 cm³/mol. The number of sulfonamides is 1. The summed E-state index contributed by atoms with van der Waals surface area (Å²) in [5, 5.41) is 2.07. The summed E-state index contributed by atoms with van der Waals surface area (Å²) in [4.78, 5) is 12.6. The Bertz CT molecular complexity index is 1350. The summed E-state index contributed by atoms with van der Waals surface area (Å²) in [6.45, 7) is 1.29. The molecule has 1 amide bonds. The number of rotatable bonds is 10. The monoisotopic (exact) mass is 554 g/mol. The van der Waals surface area contributed by atoms with Crippen molar-refractivity contribution in [1.29, 1.82) is 0 Å². The van der Waals surface area contributed by atoms with Gasteiger partial charge in [-0.05, 0) is 67.8 Å². The van der Waals surface area contributed by atoms with E-state index in [0.29, 0.717) is 29.0 Å². The van der Waals surface area contributed by atoms with Gasteiger partial charge in [0, 0.05) is 6.54 Å². The summed E-state index contributed by atoms with van der Waals surface area (Å²) in [5.41, 5.74) is 0.265. The Morgan fingerprint density at radius 3 is 2.41 bits per heavy atom. The molecule has 0 fully saturated rings. The average molecular weight is 555 g/mol. The van der Waals surface area contributed by atoms with E-state index in [9.17, 15) is 26.4 Å². The number of methoxy groups -OCH3 is 1. The van der Waals surface area contributed by atoms with Crippen LogP contribution in [0.3, 0.4) is 0 Å². The first-order valence-electron chi connectivity index (χ1n) is 11.3. The Hall–Kier alpha value is -3.24. The summed E-state index contributed by atoms with van der Waals surface area (Å²) in [5.74, 6) is 0.0458. The Balaban J connectivity index is 1.81. The van der Waals surface area contributed by atoms with E-state index >= 15 is 0 Å². The molecule has 0 spiro atoms. The van der Waals surface area contributed by atoms with Crippen molar-refractivity contribution in [2.45, 2.75) is 30.8 Å². The molecule has 3 aromatic rings. The zero-order valence-corrected chi connectivity index (χ0v) is 21.8. The van der Waals surface area contributed by atoms with Gasteiger partial charge in [0.25, 0.3) is 10.0 Å². The number of carbonyl (C=O) groups is 1. The highest BCUT2D eigenvalue weighted by Gasteiger charge is 2.35. The predicted octanol–water partition coefficient (Wildman–Crippen LogP) is 5.62. The van der Waals surface area contributed by atoms with Crippen LogP contribution < -0.4 is 14.4 Å². The third-order valence-corrected chi connectivity index (χ3v) is 7.66. The smallest absolute Gasteiger partial charge is 0.417 e. The molecule has 0 aromatic heterocycles. The van der Waals surface area contributed by atoms with Crippen molar-refractivity contribution in [3.63, 3.8) is 0 Å². The zero-order chi connectivity index (χ0) is 27.2. The third-order valence-electron chi connectivity index (χ3n) is 5.54. The first kappa shape index (κ1) is 28.3. The standard InChI is InChI=1S/C26H26ClF3N2O4S/c1-18-8-11-22(12-9-18)37(34,35)32(20-10-13-24(27)23(16-20)26(28,29)30)17-25(33)31-14-4-6-19-5-3-7-21(15-19)36-2/h3,5,7-13,15-16H,4,6,14,17H2,1-2H3,(H,31,33). The molecule has 3 rings (SSSR count). The van der Waals surface area contributed by atoms with E-state index in [-0.39, 0.29) is 17.1 Å². The molecule has 3 aromatic carbocycles. The van der Waals surface area contributed by atoms with Crippen LogP contribution in [0.15, 0.2) is 71.6 Å². The number of anilines is 1. The van der Waals surface area contributed by atoms with E-state index < -0.39 is 39.2 Å². The maximum absolute atomic E-state index is 13.5. The van der Waals surface area contributed by atoms with E-state index in [1.165, 1.54) is 12.1 Å². The molecular weight excluding hydrogens is 529 g/mol. The van der Waals surface area contributed by atoms with Crippen molar-refractivity contribution in [3.8, 4) is 5.75 Å². The van der Waals surface area contributed by atoms with E-state index in [4.69, 9.17) is 16.3 Å². The van der Waals surface area contributed by atoms with Gasteiger partial charge in [-0.25, -0.2) is 8.42 Å². The van der Waals surface area contributed by atoms with Crippen LogP contribution in [0.4, 0.5) is 18.9 Å². The molecule has 0 bridgehead atoms. The highest BCUT2D eigenvalue weighted by molar-refractivity contribution is 7.92. The van der Waals surface area contributed by atoms with Crippen molar-refractivity contribution in [2.75, 3.05) is 24.5 Å². The Labute approximate surface area is 219 Å². The molecule has 0 unspecified atom stereocenters. The maximum Gasteiger partial charge on any atom is 0.417 e. The molecule has 0 atom stereocenters. The molecule has 0 aliphatic heterocycles. The van der Waals surface area contributed by atoms with Crippen molar-refractivity contribution in [1.82, 2.24) is 5.32 Å². The van der Waals surface area contributed by atoms with Crippen LogP contribution in [0.25, 0.3) is 0 Å². The van der Waals surface area contributed by atoms with Crippen molar-refractivity contribution in [2.24, 2.45) is 0 Å². The number of aryl methyl sites for hydroxylation is 2. The highest BCUT2D eigenvalue weighted by Crippen LogP contribution is 2.38. The molecule has 0 heterocycles. The lowest BCUT2D eigenvalue weighted by Gasteiger charge is -2.25. The summed E-state index contributed by atoms with van der Waals surface area (Å²) in [6, 6.07) is 16.0. The van der Waals surface area contributed by atoms with Crippen LogP contribution >= 0.6 is 11.6 Å². The number of nitrogens with zero attached hydrogens (tertiary/aromatic N) is 1. The van der Waals surface area contributed by atoms with Crippen molar-refractivity contribution in [3.05, 3.63) is 88.4 Å². The maximum atomic E-state index is 13.5. The second kappa shape index (κ2) is 11.9. The minimum atomic E-state index is -4.81. The molecule has 0 saturated heterocycles. The molecule has 0 aliphatic carbocycles. The highest BCUT2D eigenvalue weighted by atomic mass is 35.5. The Kier molecular flexibility index (Phi) is 9.09. The fraction of sp³-hybridized carbons (Fsp3) is 0.269. The SMILES string of the molecule is COc1cccc(CCCNC(=O)CN(c2ccc(Cl)c(C(F)(F)F)c2)S(=O)(=O)c2ccc(C)cc2)c1. The first-order valence-corrected chi connectivity index (χ1v) is 13.1. The summed E-state index contributed by atoms with van der Waals surface area (Å²) < 4.78 is 73.1. The molecule has 0 aliphatic rings. The third kappa shape index (κ3) is 7.39. The number of benzene rings is 3. The average Bonchev–Trinajstić information content (AvgIpc) is 2.85. The van der Waals surface area contributed by atoms with Crippen LogP contribution in [0.2, 0.25) is 5.02 Å². The van der Waals surface area contributed by atoms with Gasteiger partial charge in [-0.2, -0.15) is 13.2 Å². The van der Waals surface area contributed by atoms with Gasteiger partial charge in [-0.15, -0.1) is 0 Å². The fourth-order valence-electron chi connectivity index (χ4n) is 3.57. The normalized spacial score (nSPS) is 11.7.